The van der Waals surface area contributed by atoms with Crippen molar-refractivity contribution in [1.82, 2.24) is 9.55 Å². The van der Waals surface area contributed by atoms with E-state index < -0.39 is 36.6 Å². The smallest absolute Gasteiger partial charge is 0.323 e. The predicted octanol–water partition coefficient (Wildman–Crippen LogP) is 2.85. The van der Waals surface area contributed by atoms with Gasteiger partial charge in [0.1, 0.15) is 36.7 Å². The maximum Gasteiger partial charge on any atom is 0.323 e. The van der Waals surface area contributed by atoms with Crippen LogP contribution in [0, 0.1) is 0 Å². The molecule has 1 aromatic heterocycles. The molecule has 1 aliphatic rings. The standard InChI is InChI=1S/C22H22BrCl2N3O6/c1-32-11-4-2-10(3-5-11)6-14(26)21(31)33-9-17-18(29)19(30)20(34-17)28-16-8-13(25)12(24)7-15(16)27-22(28)23/h2-5,7-8,14,17-20,29-30H,6,9,26H2,1H3/t14-,17?,18?,19?,20?/m0/s1. The summed E-state index contributed by atoms with van der Waals surface area (Å²) < 4.78 is 18.1. The number of hydrogen-bond acceptors (Lipinski definition) is 8. The summed E-state index contributed by atoms with van der Waals surface area (Å²) in [6.07, 6.45) is -4.37. The second-order valence-corrected chi connectivity index (χ2v) is 9.36. The molecule has 3 aromatic rings. The summed E-state index contributed by atoms with van der Waals surface area (Å²) >= 11 is 15.5. The van der Waals surface area contributed by atoms with Crippen molar-refractivity contribution in [2.24, 2.45) is 5.73 Å². The van der Waals surface area contributed by atoms with Crippen LogP contribution in [-0.4, -0.2) is 63.8 Å². The third-order valence-electron chi connectivity index (χ3n) is 5.59. The summed E-state index contributed by atoms with van der Waals surface area (Å²) in [5.41, 5.74) is 7.88. The molecule has 34 heavy (non-hydrogen) atoms. The molecule has 1 fully saturated rings. The third kappa shape index (κ3) is 5.03. The van der Waals surface area contributed by atoms with Gasteiger partial charge in [-0.2, -0.15) is 0 Å². The predicted molar refractivity (Wildman–Crippen MR) is 129 cm³/mol. The topological polar surface area (TPSA) is 129 Å². The van der Waals surface area contributed by atoms with Crippen molar-refractivity contribution in [3.8, 4) is 5.75 Å². The van der Waals surface area contributed by atoms with E-state index in [1.54, 1.807) is 35.9 Å². The fourth-order valence-corrected chi connectivity index (χ4v) is 4.65. The summed E-state index contributed by atoms with van der Waals surface area (Å²) in [5, 5.41) is 21.8. The highest BCUT2D eigenvalue weighted by Gasteiger charge is 2.45. The number of esters is 1. The fourth-order valence-electron chi connectivity index (χ4n) is 3.75. The molecular formula is C22H22BrCl2N3O6. The number of nitrogens with zero attached hydrogens (tertiary/aromatic N) is 2. The second kappa shape index (κ2) is 10.4. The number of carbonyl (C=O) groups is 1. The Bertz CT molecular complexity index is 1190. The highest BCUT2D eigenvalue weighted by molar-refractivity contribution is 9.10. The zero-order valence-electron chi connectivity index (χ0n) is 17.9. The van der Waals surface area contributed by atoms with E-state index in [1.165, 1.54) is 0 Å². The quantitative estimate of drug-likeness (QED) is 0.367. The fraction of sp³-hybridized carbons (Fsp3) is 0.364. The van der Waals surface area contributed by atoms with Crippen LogP contribution in [0.5, 0.6) is 5.75 Å². The summed E-state index contributed by atoms with van der Waals surface area (Å²) in [7, 11) is 1.57. The van der Waals surface area contributed by atoms with Gasteiger partial charge in [0.25, 0.3) is 0 Å². The molecule has 2 heterocycles. The van der Waals surface area contributed by atoms with Gasteiger partial charge in [0.05, 0.1) is 28.2 Å². The van der Waals surface area contributed by atoms with Crippen LogP contribution in [0.25, 0.3) is 11.0 Å². The van der Waals surface area contributed by atoms with Gasteiger partial charge in [-0.1, -0.05) is 35.3 Å². The Labute approximate surface area is 213 Å². The van der Waals surface area contributed by atoms with Crippen LogP contribution in [0.3, 0.4) is 0 Å². The molecule has 0 aliphatic carbocycles. The number of methoxy groups -OCH3 is 1. The molecule has 1 aliphatic heterocycles. The van der Waals surface area contributed by atoms with E-state index in [2.05, 4.69) is 20.9 Å². The molecular weight excluding hydrogens is 553 g/mol. The molecule has 0 bridgehead atoms. The first-order valence-electron chi connectivity index (χ1n) is 10.3. The number of fused-ring (bicyclic) bond motifs is 1. The van der Waals surface area contributed by atoms with Gasteiger partial charge in [0.15, 0.2) is 11.0 Å². The molecule has 182 valence electrons. The molecule has 2 aromatic carbocycles. The molecule has 0 amide bonds. The monoisotopic (exact) mass is 573 g/mol. The maximum absolute atomic E-state index is 12.4. The van der Waals surface area contributed by atoms with Crippen LogP contribution in [0.2, 0.25) is 10.0 Å². The Morgan fingerprint density at radius 2 is 1.91 bits per heavy atom. The molecule has 4 N–H and O–H groups in total. The highest BCUT2D eigenvalue weighted by Crippen LogP contribution is 2.37. The number of imidazole rings is 1. The number of aliphatic hydroxyl groups is 2. The lowest BCUT2D eigenvalue weighted by Crippen LogP contribution is -2.38. The van der Waals surface area contributed by atoms with Crippen LogP contribution in [0.15, 0.2) is 41.1 Å². The molecule has 0 spiro atoms. The summed E-state index contributed by atoms with van der Waals surface area (Å²) in [4.78, 5) is 16.7. The Hall–Kier alpha value is -1.92. The molecule has 4 unspecified atom stereocenters. The van der Waals surface area contributed by atoms with Crippen molar-refractivity contribution in [2.45, 2.75) is 37.0 Å². The molecule has 0 saturated carbocycles. The van der Waals surface area contributed by atoms with Gasteiger partial charge in [-0.15, -0.1) is 0 Å². The number of rotatable bonds is 7. The average molecular weight is 575 g/mol. The van der Waals surface area contributed by atoms with Gasteiger partial charge in [-0.25, -0.2) is 4.98 Å². The number of halogens is 3. The Kier molecular flexibility index (Phi) is 7.68. The van der Waals surface area contributed by atoms with Crippen molar-refractivity contribution >= 4 is 56.1 Å². The van der Waals surface area contributed by atoms with Crippen LogP contribution >= 0.6 is 39.1 Å². The Balaban J connectivity index is 1.41. The van der Waals surface area contributed by atoms with E-state index in [-0.39, 0.29) is 13.0 Å². The van der Waals surface area contributed by atoms with Gasteiger partial charge in [-0.3, -0.25) is 9.36 Å². The lowest BCUT2D eigenvalue weighted by molar-refractivity contribution is -0.151. The van der Waals surface area contributed by atoms with E-state index in [0.717, 1.165) is 5.56 Å². The van der Waals surface area contributed by atoms with Crippen LogP contribution in [0.1, 0.15) is 11.8 Å². The van der Waals surface area contributed by atoms with E-state index in [1.807, 2.05) is 12.1 Å². The zero-order chi connectivity index (χ0) is 24.6. The third-order valence-corrected chi connectivity index (χ3v) is 6.87. The largest absolute Gasteiger partial charge is 0.497 e. The van der Waals surface area contributed by atoms with Crippen LogP contribution in [-0.2, 0) is 20.7 Å². The number of aliphatic hydroxyl groups excluding tert-OH is 2. The first-order chi connectivity index (χ1) is 16.2. The number of carbonyl (C=O) groups excluding carboxylic acids is 1. The van der Waals surface area contributed by atoms with Crippen molar-refractivity contribution in [3.05, 3.63) is 56.7 Å². The zero-order valence-corrected chi connectivity index (χ0v) is 21.0. The van der Waals surface area contributed by atoms with Gasteiger partial charge in [-0.05, 0) is 52.2 Å². The van der Waals surface area contributed by atoms with Gasteiger partial charge in [0, 0.05) is 0 Å². The van der Waals surface area contributed by atoms with E-state index in [0.29, 0.717) is 31.6 Å². The summed E-state index contributed by atoms with van der Waals surface area (Å²) in [6, 6.07) is 9.43. The number of ether oxygens (including phenoxy) is 3. The van der Waals surface area contributed by atoms with Gasteiger partial charge in [0.2, 0.25) is 0 Å². The minimum absolute atomic E-state index is 0.263. The Morgan fingerprint density at radius 1 is 1.24 bits per heavy atom. The summed E-state index contributed by atoms with van der Waals surface area (Å²) in [5.74, 6) is 0.0447. The average Bonchev–Trinajstić information content (AvgIpc) is 3.27. The first kappa shape index (κ1) is 25.2. The number of aromatic nitrogens is 2. The molecule has 5 atom stereocenters. The second-order valence-electron chi connectivity index (χ2n) is 7.84. The Morgan fingerprint density at radius 3 is 2.59 bits per heavy atom. The lowest BCUT2D eigenvalue weighted by atomic mass is 10.1. The summed E-state index contributed by atoms with van der Waals surface area (Å²) in [6.45, 7) is -0.291. The number of benzene rings is 2. The van der Waals surface area contributed by atoms with E-state index >= 15 is 0 Å². The molecule has 0 radical (unpaired) electrons. The van der Waals surface area contributed by atoms with Gasteiger partial charge >= 0.3 is 5.97 Å². The number of hydrogen-bond donors (Lipinski definition) is 3. The first-order valence-corrected chi connectivity index (χ1v) is 11.8. The lowest BCUT2D eigenvalue weighted by Gasteiger charge is -2.18. The number of nitrogens with two attached hydrogens (primary N) is 1. The van der Waals surface area contributed by atoms with Crippen molar-refractivity contribution in [3.63, 3.8) is 0 Å². The van der Waals surface area contributed by atoms with Crippen LogP contribution < -0.4 is 10.5 Å². The molecule has 1 saturated heterocycles. The van der Waals surface area contributed by atoms with Gasteiger partial charge < -0.3 is 30.2 Å². The van der Waals surface area contributed by atoms with Crippen molar-refractivity contribution in [2.75, 3.05) is 13.7 Å². The molecule has 9 nitrogen and oxygen atoms in total. The van der Waals surface area contributed by atoms with E-state index in [9.17, 15) is 15.0 Å². The SMILES string of the molecule is COc1ccc(C[C@H](N)C(=O)OCC2OC(n3c(Br)nc4cc(Cl)c(Cl)cc43)C(O)C2O)cc1. The van der Waals surface area contributed by atoms with Crippen molar-refractivity contribution < 1.29 is 29.2 Å². The molecule has 12 heteroatoms. The minimum atomic E-state index is -1.32. The molecule has 4 rings (SSSR count). The van der Waals surface area contributed by atoms with E-state index in [4.69, 9.17) is 43.1 Å². The normalized spacial score (nSPS) is 23.3. The van der Waals surface area contributed by atoms with Crippen LogP contribution in [0.4, 0.5) is 0 Å². The van der Waals surface area contributed by atoms with Crippen molar-refractivity contribution in [1.29, 1.82) is 0 Å². The highest BCUT2D eigenvalue weighted by atomic mass is 79.9. The maximum atomic E-state index is 12.4. The minimum Gasteiger partial charge on any atom is -0.497 e.